The third-order valence-electron chi connectivity index (χ3n) is 6.06. The molecule has 1 aromatic heterocycles. The molecule has 4 aliphatic rings. The van der Waals surface area contributed by atoms with Crippen LogP contribution in [0.1, 0.15) is 44.8 Å². The summed E-state index contributed by atoms with van der Waals surface area (Å²) in [5.41, 5.74) is 0. The van der Waals surface area contributed by atoms with Crippen molar-refractivity contribution in [1.82, 2.24) is 5.32 Å². The number of hydrogen-bond acceptors (Lipinski definition) is 2. The van der Waals surface area contributed by atoms with Gasteiger partial charge in [-0.1, -0.05) is 0 Å². The first-order chi connectivity index (χ1) is 9.29. The van der Waals surface area contributed by atoms with Gasteiger partial charge in [0.2, 0.25) is 0 Å². The molecule has 0 amide bonds. The zero-order chi connectivity index (χ0) is 12.8. The molecule has 0 aliphatic heterocycles. The summed E-state index contributed by atoms with van der Waals surface area (Å²) in [6.07, 6.45) is 9.39. The quantitative estimate of drug-likeness (QED) is 0.889. The molecule has 19 heavy (non-hydrogen) atoms. The SMILES string of the molecule is CC(NCc1ccco1)C1C2CC3CC(C2)CC1C3. The van der Waals surface area contributed by atoms with Crippen LogP contribution in [0.3, 0.4) is 0 Å². The minimum atomic E-state index is 0.639. The molecule has 1 aromatic rings. The van der Waals surface area contributed by atoms with Crippen LogP contribution in [0.25, 0.3) is 0 Å². The van der Waals surface area contributed by atoms with Gasteiger partial charge in [-0.2, -0.15) is 0 Å². The van der Waals surface area contributed by atoms with Crippen molar-refractivity contribution >= 4 is 0 Å². The van der Waals surface area contributed by atoms with E-state index in [1.807, 2.05) is 6.07 Å². The Balaban J connectivity index is 1.41. The Hall–Kier alpha value is -0.760. The largest absolute Gasteiger partial charge is 0.468 e. The van der Waals surface area contributed by atoms with Crippen molar-refractivity contribution in [3.8, 4) is 0 Å². The Morgan fingerprint density at radius 1 is 1.16 bits per heavy atom. The van der Waals surface area contributed by atoms with E-state index in [0.717, 1.165) is 41.9 Å². The van der Waals surface area contributed by atoms with Crippen LogP contribution >= 0.6 is 0 Å². The molecule has 104 valence electrons. The normalized spacial score (nSPS) is 41.6. The third-order valence-corrected chi connectivity index (χ3v) is 6.06. The van der Waals surface area contributed by atoms with Crippen LogP contribution in [0.15, 0.2) is 22.8 Å². The van der Waals surface area contributed by atoms with Crippen LogP contribution in [-0.2, 0) is 6.54 Å². The topological polar surface area (TPSA) is 25.2 Å². The molecule has 0 radical (unpaired) electrons. The van der Waals surface area contributed by atoms with Crippen LogP contribution in [0, 0.1) is 29.6 Å². The van der Waals surface area contributed by atoms with E-state index < -0.39 is 0 Å². The molecule has 4 bridgehead atoms. The molecule has 1 N–H and O–H groups in total. The van der Waals surface area contributed by atoms with Crippen molar-refractivity contribution < 1.29 is 4.42 Å². The lowest BCUT2D eigenvalue weighted by molar-refractivity contribution is -0.0496. The molecule has 4 saturated carbocycles. The third kappa shape index (κ3) is 2.14. The molecule has 2 heteroatoms. The second-order valence-electron chi connectivity index (χ2n) is 7.26. The van der Waals surface area contributed by atoms with Crippen molar-refractivity contribution in [2.45, 2.75) is 51.6 Å². The van der Waals surface area contributed by atoms with E-state index in [2.05, 4.69) is 18.3 Å². The highest BCUT2D eigenvalue weighted by molar-refractivity contribution is 5.02. The summed E-state index contributed by atoms with van der Waals surface area (Å²) in [7, 11) is 0. The van der Waals surface area contributed by atoms with Gasteiger partial charge in [-0.15, -0.1) is 0 Å². The summed E-state index contributed by atoms with van der Waals surface area (Å²) < 4.78 is 5.43. The van der Waals surface area contributed by atoms with E-state index in [-0.39, 0.29) is 0 Å². The molecule has 0 spiro atoms. The first-order valence-corrected chi connectivity index (χ1v) is 8.05. The van der Waals surface area contributed by atoms with E-state index in [9.17, 15) is 0 Å². The van der Waals surface area contributed by atoms with Crippen molar-refractivity contribution in [3.05, 3.63) is 24.2 Å². The Morgan fingerprint density at radius 2 is 1.84 bits per heavy atom. The van der Waals surface area contributed by atoms with Crippen LogP contribution in [0.4, 0.5) is 0 Å². The minimum absolute atomic E-state index is 0.639. The standard InChI is InChI=1S/C17H25NO/c1-11(18-10-16-3-2-4-19-16)17-14-6-12-5-13(8-14)9-15(17)7-12/h2-4,11-15,17-18H,5-10H2,1H3. The van der Waals surface area contributed by atoms with Gasteiger partial charge in [-0.3, -0.25) is 0 Å². The first-order valence-electron chi connectivity index (χ1n) is 8.05. The lowest BCUT2D eigenvalue weighted by Gasteiger charge is -2.56. The van der Waals surface area contributed by atoms with Gasteiger partial charge in [-0.25, -0.2) is 0 Å². The number of furan rings is 1. The molecule has 5 rings (SSSR count). The summed E-state index contributed by atoms with van der Waals surface area (Å²) in [6.45, 7) is 3.28. The number of rotatable bonds is 4. The zero-order valence-corrected chi connectivity index (χ0v) is 11.8. The first kappa shape index (κ1) is 12.0. The fourth-order valence-electron chi connectivity index (χ4n) is 5.59. The molecule has 0 aromatic carbocycles. The predicted molar refractivity (Wildman–Crippen MR) is 75.5 cm³/mol. The predicted octanol–water partition coefficient (Wildman–Crippen LogP) is 3.83. The summed E-state index contributed by atoms with van der Waals surface area (Å²) in [4.78, 5) is 0. The average Bonchev–Trinajstić information content (AvgIpc) is 2.88. The van der Waals surface area contributed by atoms with Crippen LogP contribution in [-0.4, -0.2) is 6.04 Å². The molecule has 0 saturated heterocycles. The summed E-state index contributed by atoms with van der Waals surface area (Å²) in [5, 5.41) is 3.72. The molecule has 1 atom stereocenters. The van der Waals surface area contributed by atoms with Crippen molar-refractivity contribution in [1.29, 1.82) is 0 Å². The van der Waals surface area contributed by atoms with Crippen molar-refractivity contribution in [2.24, 2.45) is 29.6 Å². The van der Waals surface area contributed by atoms with E-state index in [4.69, 9.17) is 4.42 Å². The molecule has 2 nitrogen and oxygen atoms in total. The molecule has 4 fully saturated rings. The molecular weight excluding hydrogens is 234 g/mol. The minimum Gasteiger partial charge on any atom is -0.468 e. The highest BCUT2D eigenvalue weighted by atomic mass is 16.3. The van der Waals surface area contributed by atoms with Crippen molar-refractivity contribution in [2.75, 3.05) is 0 Å². The lowest BCUT2D eigenvalue weighted by atomic mass is 9.50. The van der Waals surface area contributed by atoms with Crippen LogP contribution in [0.2, 0.25) is 0 Å². The fourth-order valence-corrected chi connectivity index (χ4v) is 5.59. The average molecular weight is 259 g/mol. The highest BCUT2D eigenvalue weighted by Crippen LogP contribution is 2.57. The number of nitrogens with one attached hydrogen (secondary N) is 1. The van der Waals surface area contributed by atoms with Crippen molar-refractivity contribution in [3.63, 3.8) is 0 Å². The highest BCUT2D eigenvalue weighted by Gasteiger charge is 2.49. The Morgan fingerprint density at radius 3 is 2.42 bits per heavy atom. The molecule has 1 heterocycles. The molecular formula is C17H25NO. The van der Waals surface area contributed by atoms with E-state index in [0.29, 0.717) is 6.04 Å². The van der Waals surface area contributed by atoms with Gasteiger partial charge in [0.25, 0.3) is 0 Å². The molecule has 4 aliphatic carbocycles. The lowest BCUT2D eigenvalue weighted by Crippen LogP contribution is -2.51. The van der Waals surface area contributed by atoms with Gasteiger partial charge in [0.1, 0.15) is 5.76 Å². The maximum atomic E-state index is 5.43. The summed E-state index contributed by atoms with van der Waals surface area (Å²) >= 11 is 0. The second-order valence-corrected chi connectivity index (χ2v) is 7.26. The van der Waals surface area contributed by atoms with Gasteiger partial charge in [0.05, 0.1) is 12.8 Å². The number of hydrogen-bond donors (Lipinski definition) is 1. The summed E-state index contributed by atoms with van der Waals surface area (Å²) in [5.74, 6) is 6.16. The van der Waals surface area contributed by atoms with Crippen LogP contribution < -0.4 is 5.32 Å². The van der Waals surface area contributed by atoms with Gasteiger partial charge < -0.3 is 9.73 Å². The smallest absolute Gasteiger partial charge is 0.117 e. The maximum Gasteiger partial charge on any atom is 0.117 e. The van der Waals surface area contributed by atoms with Gasteiger partial charge in [0, 0.05) is 6.04 Å². The zero-order valence-electron chi connectivity index (χ0n) is 11.8. The Kier molecular flexibility index (Phi) is 2.95. The maximum absolute atomic E-state index is 5.43. The van der Waals surface area contributed by atoms with Gasteiger partial charge in [-0.05, 0) is 80.8 Å². The molecule has 1 unspecified atom stereocenters. The van der Waals surface area contributed by atoms with Gasteiger partial charge in [0.15, 0.2) is 0 Å². The Bertz CT molecular complexity index is 396. The second kappa shape index (κ2) is 4.66. The Labute approximate surface area is 116 Å². The van der Waals surface area contributed by atoms with E-state index >= 15 is 0 Å². The monoisotopic (exact) mass is 259 g/mol. The fraction of sp³-hybridized carbons (Fsp3) is 0.765. The van der Waals surface area contributed by atoms with E-state index in [1.165, 1.54) is 25.7 Å². The summed E-state index contributed by atoms with van der Waals surface area (Å²) in [6, 6.07) is 4.68. The van der Waals surface area contributed by atoms with Crippen LogP contribution in [0.5, 0.6) is 0 Å². The van der Waals surface area contributed by atoms with E-state index in [1.54, 1.807) is 12.7 Å². The van der Waals surface area contributed by atoms with Gasteiger partial charge >= 0.3 is 0 Å².